The number of carbonyl (C=O) groups excluding carboxylic acids is 1. The molecule has 2 saturated heterocycles. The second-order valence-corrected chi connectivity index (χ2v) is 17.4. The number of rotatable bonds is 3. The Morgan fingerprint density at radius 1 is 1.02 bits per heavy atom. The number of hydrogen-bond acceptors (Lipinski definition) is 6. The van der Waals surface area contributed by atoms with Gasteiger partial charge in [0.15, 0.2) is 0 Å². The molecule has 7 aliphatic rings. The Morgan fingerprint density at radius 2 is 1.68 bits per heavy atom. The van der Waals surface area contributed by atoms with Crippen LogP contribution in [0.2, 0.25) is 0 Å². The summed E-state index contributed by atoms with van der Waals surface area (Å²) in [6.07, 6.45) is 6.87. The van der Waals surface area contributed by atoms with E-state index in [1.807, 2.05) is 4.90 Å². The van der Waals surface area contributed by atoms with Crippen LogP contribution < -0.4 is 0 Å². The van der Waals surface area contributed by atoms with Crippen LogP contribution in [0, 0.1) is 50.7 Å². The van der Waals surface area contributed by atoms with Gasteiger partial charge in [-0.2, -0.15) is 0 Å². The Balaban J connectivity index is 1.30. The number of fused-ring (bicyclic) bond motifs is 4. The predicted molar refractivity (Wildman–Crippen MR) is 155 cm³/mol. The molecule has 41 heavy (non-hydrogen) atoms. The largest absolute Gasteiger partial charge is 0.443 e. The molecule has 0 radical (unpaired) electrons. The van der Waals surface area contributed by atoms with Gasteiger partial charge in [0.05, 0.1) is 23.9 Å². The second kappa shape index (κ2) is 8.63. The van der Waals surface area contributed by atoms with Gasteiger partial charge in [-0.1, -0.05) is 34.6 Å². The third-order valence-electron chi connectivity index (χ3n) is 15.2. The molecule has 0 bridgehead atoms. The van der Waals surface area contributed by atoms with Crippen molar-refractivity contribution in [3.63, 3.8) is 0 Å². The molecule has 5 saturated carbocycles. The minimum Gasteiger partial charge on any atom is -0.443 e. The number of hydrogen-bond donors (Lipinski definition) is 3. The van der Waals surface area contributed by atoms with Gasteiger partial charge in [-0.25, -0.2) is 4.79 Å². The third-order valence-corrected chi connectivity index (χ3v) is 15.2. The van der Waals surface area contributed by atoms with Crippen molar-refractivity contribution in [2.75, 3.05) is 13.1 Å². The molecule has 5 aliphatic carbocycles. The molecule has 0 aromatic heterocycles. The maximum Gasteiger partial charge on any atom is 0.410 e. The monoisotopic (exact) mass is 573 g/mol. The fourth-order valence-electron chi connectivity index (χ4n) is 12.8. The van der Waals surface area contributed by atoms with Gasteiger partial charge < -0.3 is 29.7 Å². The van der Waals surface area contributed by atoms with E-state index in [-0.39, 0.29) is 63.3 Å². The highest BCUT2D eigenvalue weighted by Crippen LogP contribution is 2.89. The molecule has 6 unspecified atom stereocenters. The third kappa shape index (κ3) is 3.44. The molecule has 2 heterocycles. The Hall–Kier alpha value is -0.890. The van der Waals surface area contributed by atoms with Gasteiger partial charge in [0.1, 0.15) is 12.2 Å². The van der Waals surface area contributed by atoms with Crippen molar-refractivity contribution < 1.29 is 29.6 Å². The van der Waals surface area contributed by atoms with Gasteiger partial charge in [-0.3, -0.25) is 0 Å². The quantitative estimate of drug-likeness (QED) is 0.432. The molecule has 232 valence electrons. The summed E-state index contributed by atoms with van der Waals surface area (Å²) in [5.41, 5.74) is -1.13. The van der Waals surface area contributed by atoms with Crippen molar-refractivity contribution in [1.82, 2.24) is 4.90 Å². The number of aliphatic hydroxyl groups is 3. The minimum absolute atomic E-state index is 0.0577. The van der Waals surface area contributed by atoms with E-state index in [0.717, 1.165) is 51.6 Å². The van der Waals surface area contributed by atoms with Gasteiger partial charge in [0, 0.05) is 18.5 Å². The first-order chi connectivity index (χ1) is 19.0. The Bertz CT molecular complexity index is 1100. The van der Waals surface area contributed by atoms with Crippen molar-refractivity contribution in [2.24, 2.45) is 50.7 Å². The van der Waals surface area contributed by atoms with E-state index >= 15 is 0 Å². The van der Waals surface area contributed by atoms with Gasteiger partial charge in [-0.05, 0) is 117 Å². The number of aliphatic hydroxyl groups excluding tert-OH is 2. The zero-order chi connectivity index (χ0) is 29.5. The topological polar surface area (TPSA) is 99.5 Å². The first-order valence-electron chi connectivity index (χ1n) is 16.7. The van der Waals surface area contributed by atoms with Crippen molar-refractivity contribution in [1.29, 1.82) is 0 Å². The summed E-state index contributed by atoms with van der Waals surface area (Å²) in [5.74, 6) is 1.47. The number of ether oxygens (including phenoxy) is 2. The van der Waals surface area contributed by atoms with Crippen LogP contribution in [0.25, 0.3) is 0 Å². The standard InChI is InChI=1S/C34H55NO6/c1-19-17-20(26(37)30(4,5)39)40-25-24(19)31(6)13-14-34-18-33(34)12-11-23(36)29(2,3)21(33)9-10-22(34)32(31,7)27(25)41-28(38)35-15-8-16-35/h19-27,36-37,39H,8-18H2,1-7H3/t19?,20?,21-,22?,23?,24?,25?,26-,27-,31+,32+,33+,34-/m0/s1. The van der Waals surface area contributed by atoms with Crippen molar-refractivity contribution in [3.05, 3.63) is 0 Å². The summed E-state index contributed by atoms with van der Waals surface area (Å²) < 4.78 is 13.5. The number of nitrogens with zero attached hydrogens (tertiary/aromatic N) is 1. The zero-order valence-corrected chi connectivity index (χ0v) is 26.5. The lowest BCUT2D eigenvalue weighted by Crippen LogP contribution is -2.60. The fraction of sp³-hybridized carbons (Fsp3) is 0.971. The molecule has 7 nitrogen and oxygen atoms in total. The van der Waals surface area contributed by atoms with E-state index in [0.29, 0.717) is 18.3 Å². The number of carbonyl (C=O) groups is 1. The van der Waals surface area contributed by atoms with E-state index in [2.05, 4.69) is 34.6 Å². The van der Waals surface area contributed by atoms with Crippen molar-refractivity contribution in [2.45, 2.75) is 142 Å². The summed E-state index contributed by atoms with van der Waals surface area (Å²) >= 11 is 0. The summed E-state index contributed by atoms with van der Waals surface area (Å²) in [5, 5.41) is 32.9. The average Bonchev–Trinajstić information content (AvgIpc) is 3.48. The molecular weight excluding hydrogens is 518 g/mol. The SMILES string of the molecule is CC1CC([C@H](O)C(C)(C)O)OC2C1[C@@]1(C)CC[C@@]34C[C@@]35CCC(O)C(C)(C)[C@@H]5CCC4[C@]1(C)[C@H]2OC(=O)N1CCC1. The Kier molecular flexibility index (Phi) is 6.08. The van der Waals surface area contributed by atoms with Gasteiger partial charge >= 0.3 is 6.09 Å². The van der Waals surface area contributed by atoms with Crippen LogP contribution in [0.1, 0.15) is 106 Å². The second-order valence-electron chi connectivity index (χ2n) is 17.4. The minimum atomic E-state index is -1.28. The van der Waals surface area contributed by atoms with Crippen LogP contribution in [-0.2, 0) is 9.47 Å². The summed E-state index contributed by atoms with van der Waals surface area (Å²) in [6.45, 7) is 16.6. The molecule has 7 rings (SSSR count). The Morgan fingerprint density at radius 3 is 2.32 bits per heavy atom. The molecule has 3 N–H and O–H groups in total. The zero-order valence-electron chi connectivity index (χ0n) is 26.5. The lowest BCUT2D eigenvalue weighted by Gasteiger charge is -2.63. The molecule has 13 atom stereocenters. The van der Waals surface area contributed by atoms with E-state index in [1.165, 1.54) is 12.8 Å². The van der Waals surface area contributed by atoms with Crippen LogP contribution >= 0.6 is 0 Å². The van der Waals surface area contributed by atoms with Crippen LogP contribution in [-0.4, -0.2) is 75.5 Å². The average molecular weight is 574 g/mol. The smallest absolute Gasteiger partial charge is 0.410 e. The highest BCUT2D eigenvalue weighted by molar-refractivity contribution is 5.69. The van der Waals surface area contributed by atoms with Crippen LogP contribution in [0.5, 0.6) is 0 Å². The number of amides is 1. The first kappa shape index (κ1) is 28.9. The molecule has 7 fully saturated rings. The molecular formula is C34H55NO6. The van der Waals surface area contributed by atoms with Crippen LogP contribution in [0.3, 0.4) is 0 Å². The van der Waals surface area contributed by atoms with E-state index in [9.17, 15) is 20.1 Å². The van der Waals surface area contributed by atoms with Crippen molar-refractivity contribution in [3.8, 4) is 0 Å². The molecule has 0 aromatic rings. The normalized spacial score (nSPS) is 54.0. The molecule has 0 aromatic carbocycles. The van der Waals surface area contributed by atoms with Crippen LogP contribution in [0.15, 0.2) is 0 Å². The lowest BCUT2D eigenvalue weighted by molar-refractivity contribution is -0.203. The highest BCUT2D eigenvalue weighted by atomic mass is 16.6. The molecule has 7 heteroatoms. The summed E-state index contributed by atoms with van der Waals surface area (Å²) in [7, 11) is 0. The molecule has 2 spiro atoms. The lowest BCUT2D eigenvalue weighted by atomic mass is 9.41. The van der Waals surface area contributed by atoms with Gasteiger partial charge in [0.2, 0.25) is 0 Å². The van der Waals surface area contributed by atoms with Gasteiger partial charge in [-0.15, -0.1) is 0 Å². The van der Waals surface area contributed by atoms with E-state index < -0.39 is 17.8 Å². The maximum absolute atomic E-state index is 13.6. The van der Waals surface area contributed by atoms with E-state index in [4.69, 9.17) is 9.47 Å². The molecule has 1 amide bonds. The van der Waals surface area contributed by atoms with E-state index in [1.54, 1.807) is 13.8 Å². The first-order valence-corrected chi connectivity index (χ1v) is 16.7. The fourth-order valence-corrected chi connectivity index (χ4v) is 12.8. The predicted octanol–water partition coefficient (Wildman–Crippen LogP) is 5.14. The summed E-state index contributed by atoms with van der Waals surface area (Å²) in [6, 6.07) is 0. The van der Waals surface area contributed by atoms with Crippen LogP contribution in [0.4, 0.5) is 4.79 Å². The van der Waals surface area contributed by atoms with Crippen molar-refractivity contribution >= 4 is 6.09 Å². The summed E-state index contributed by atoms with van der Waals surface area (Å²) in [4.78, 5) is 15.4. The Labute approximate surface area is 246 Å². The molecule has 2 aliphatic heterocycles. The van der Waals surface area contributed by atoms with Gasteiger partial charge in [0.25, 0.3) is 0 Å². The maximum atomic E-state index is 13.6. The number of likely N-dealkylation sites (tertiary alicyclic amines) is 1. The highest BCUT2D eigenvalue weighted by Gasteiger charge is 2.85.